The monoisotopic (exact) mass is 255 g/mol. The molecule has 2 heterocycles. The van der Waals surface area contributed by atoms with Gasteiger partial charge in [0.05, 0.1) is 13.3 Å². The molecule has 2 aromatic heterocycles. The van der Waals surface area contributed by atoms with E-state index in [-0.39, 0.29) is 10.6 Å². The van der Waals surface area contributed by atoms with Gasteiger partial charge in [0.2, 0.25) is 0 Å². The van der Waals surface area contributed by atoms with Crippen molar-refractivity contribution in [1.82, 2.24) is 14.6 Å². The first-order valence-electron chi connectivity index (χ1n) is 4.55. The number of methoxy groups -OCH3 is 1. The number of hydrogen-bond acceptors (Lipinski definition) is 6. The van der Waals surface area contributed by atoms with Crippen molar-refractivity contribution in [3.8, 4) is 0 Å². The molecule has 0 N–H and O–H groups in total. The summed E-state index contributed by atoms with van der Waals surface area (Å²) in [6.07, 6.45) is 3.58. The van der Waals surface area contributed by atoms with E-state index in [0.717, 1.165) is 6.26 Å². The lowest BCUT2D eigenvalue weighted by atomic mass is 10.4. The minimum atomic E-state index is -3.35. The van der Waals surface area contributed by atoms with E-state index in [9.17, 15) is 13.2 Å². The van der Waals surface area contributed by atoms with Crippen LogP contribution >= 0.6 is 0 Å². The standard InChI is InChI=1S/C9H9N3O4S/c1-16-9(13)7-3-8-10-4-6(17(2,14)15)5-12(8)11-7/h3-5H,1-2H3. The van der Waals surface area contributed by atoms with Crippen LogP contribution in [0, 0.1) is 0 Å². The number of fused-ring (bicyclic) bond motifs is 1. The fourth-order valence-electron chi connectivity index (χ4n) is 1.26. The molecule has 0 fully saturated rings. The molecule has 8 heteroatoms. The Hall–Kier alpha value is -1.96. The van der Waals surface area contributed by atoms with Gasteiger partial charge in [0.1, 0.15) is 4.90 Å². The average Bonchev–Trinajstić information content (AvgIpc) is 2.69. The molecule has 0 aliphatic heterocycles. The number of aromatic nitrogens is 3. The van der Waals surface area contributed by atoms with Crippen LogP contribution in [0.1, 0.15) is 10.5 Å². The molecule has 0 unspecified atom stereocenters. The summed E-state index contributed by atoms with van der Waals surface area (Å²) in [5.74, 6) is -0.601. The lowest BCUT2D eigenvalue weighted by molar-refractivity contribution is 0.0593. The average molecular weight is 255 g/mol. The van der Waals surface area contributed by atoms with E-state index in [0.29, 0.717) is 5.65 Å². The van der Waals surface area contributed by atoms with Gasteiger partial charge in [-0.25, -0.2) is 22.7 Å². The SMILES string of the molecule is COC(=O)c1cc2ncc(S(C)(=O)=O)cn2n1. The smallest absolute Gasteiger partial charge is 0.358 e. The van der Waals surface area contributed by atoms with Crippen molar-refractivity contribution in [2.24, 2.45) is 0 Å². The topological polar surface area (TPSA) is 90.6 Å². The number of sulfone groups is 1. The first kappa shape index (κ1) is 11.5. The van der Waals surface area contributed by atoms with Gasteiger partial charge in [0.25, 0.3) is 0 Å². The van der Waals surface area contributed by atoms with Gasteiger partial charge < -0.3 is 4.74 Å². The molecule has 17 heavy (non-hydrogen) atoms. The third-order valence-electron chi connectivity index (χ3n) is 2.11. The van der Waals surface area contributed by atoms with E-state index >= 15 is 0 Å². The Balaban J connectivity index is 2.60. The predicted molar refractivity (Wildman–Crippen MR) is 57.4 cm³/mol. The molecule has 0 amide bonds. The summed E-state index contributed by atoms with van der Waals surface area (Å²) >= 11 is 0. The molecule has 0 spiro atoms. The fourth-order valence-corrected chi connectivity index (χ4v) is 1.79. The second-order valence-corrected chi connectivity index (χ2v) is 5.40. The first-order valence-corrected chi connectivity index (χ1v) is 6.45. The van der Waals surface area contributed by atoms with Crippen molar-refractivity contribution in [3.05, 3.63) is 24.2 Å². The van der Waals surface area contributed by atoms with Crippen molar-refractivity contribution in [1.29, 1.82) is 0 Å². The van der Waals surface area contributed by atoms with Crippen LogP contribution in [0.5, 0.6) is 0 Å². The highest BCUT2D eigenvalue weighted by molar-refractivity contribution is 7.90. The van der Waals surface area contributed by atoms with Gasteiger partial charge in [0.15, 0.2) is 21.2 Å². The third-order valence-corrected chi connectivity index (χ3v) is 3.18. The van der Waals surface area contributed by atoms with E-state index < -0.39 is 15.8 Å². The Labute approximate surface area is 97.0 Å². The lowest BCUT2D eigenvalue weighted by Gasteiger charge is -1.97. The summed E-state index contributed by atoms with van der Waals surface area (Å²) in [6.45, 7) is 0. The number of carbonyl (C=O) groups is 1. The molecule has 0 atom stereocenters. The van der Waals surface area contributed by atoms with Gasteiger partial charge in [-0.15, -0.1) is 0 Å². The minimum Gasteiger partial charge on any atom is -0.464 e. The molecule has 90 valence electrons. The zero-order valence-electron chi connectivity index (χ0n) is 9.11. The molecule has 0 aromatic carbocycles. The molecular formula is C9H9N3O4S. The molecule has 0 radical (unpaired) electrons. The maximum absolute atomic E-state index is 11.3. The normalized spacial score (nSPS) is 11.6. The zero-order chi connectivity index (χ0) is 12.6. The number of ether oxygens (including phenoxy) is 1. The van der Waals surface area contributed by atoms with Gasteiger partial charge in [-0.1, -0.05) is 0 Å². The number of carbonyl (C=O) groups excluding carboxylic acids is 1. The number of esters is 1. The molecule has 0 bridgehead atoms. The van der Waals surface area contributed by atoms with E-state index in [1.54, 1.807) is 0 Å². The second kappa shape index (κ2) is 3.81. The Morgan fingerprint density at radius 2 is 2.18 bits per heavy atom. The van der Waals surface area contributed by atoms with Gasteiger partial charge in [-0.05, 0) is 0 Å². The molecule has 2 rings (SSSR count). The van der Waals surface area contributed by atoms with Gasteiger partial charge in [-0.2, -0.15) is 5.10 Å². The lowest BCUT2D eigenvalue weighted by Crippen LogP contribution is -2.03. The second-order valence-electron chi connectivity index (χ2n) is 3.39. The summed E-state index contributed by atoms with van der Waals surface area (Å²) in [6, 6.07) is 1.41. The van der Waals surface area contributed by atoms with Crippen molar-refractivity contribution < 1.29 is 17.9 Å². The van der Waals surface area contributed by atoms with Crippen molar-refractivity contribution in [3.63, 3.8) is 0 Å². The Morgan fingerprint density at radius 3 is 2.76 bits per heavy atom. The van der Waals surface area contributed by atoms with Gasteiger partial charge in [0, 0.05) is 18.5 Å². The van der Waals surface area contributed by atoms with Crippen LogP contribution in [0.25, 0.3) is 5.65 Å². The Bertz CT molecular complexity index is 689. The maximum Gasteiger partial charge on any atom is 0.358 e. The van der Waals surface area contributed by atoms with Gasteiger partial charge >= 0.3 is 5.97 Å². The van der Waals surface area contributed by atoms with Crippen molar-refractivity contribution in [2.45, 2.75) is 4.90 Å². The Kier molecular flexibility index (Phi) is 2.58. The van der Waals surface area contributed by atoms with E-state index in [1.807, 2.05) is 0 Å². The van der Waals surface area contributed by atoms with E-state index in [4.69, 9.17) is 0 Å². The predicted octanol–water partition coefficient (Wildman–Crippen LogP) is -0.0806. The molecule has 0 saturated heterocycles. The van der Waals surface area contributed by atoms with E-state index in [1.165, 1.54) is 30.1 Å². The van der Waals surface area contributed by atoms with Crippen LogP contribution in [-0.2, 0) is 14.6 Å². The van der Waals surface area contributed by atoms with Gasteiger partial charge in [-0.3, -0.25) is 0 Å². The van der Waals surface area contributed by atoms with Crippen LogP contribution in [0.15, 0.2) is 23.4 Å². The first-order chi connectivity index (χ1) is 7.91. The largest absolute Gasteiger partial charge is 0.464 e. The maximum atomic E-state index is 11.3. The number of nitrogens with zero attached hydrogens (tertiary/aromatic N) is 3. The minimum absolute atomic E-state index is 0.0320. The van der Waals surface area contributed by atoms with Crippen LogP contribution in [0.3, 0.4) is 0 Å². The molecule has 0 aliphatic rings. The molecule has 7 nitrogen and oxygen atoms in total. The molecule has 0 saturated carbocycles. The highest BCUT2D eigenvalue weighted by atomic mass is 32.2. The van der Waals surface area contributed by atoms with E-state index in [2.05, 4.69) is 14.8 Å². The summed E-state index contributed by atoms with van der Waals surface area (Å²) in [5.41, 5.74) is 0.448. The summed E-state index contributed by atoms with van der Waals surface area (Å²) in [7, 11) is -2.11. The molecular weight excluding hydrogens is 246 g/mol. The zero-order valence-corrected chi connectivity index (χ0v) is 9.93. The summed E-state index contributed by atoms with van der Waals surface area (Å²) in [5, 5.41) is 3.87. The number of rotatable bonds is 2. The quantitative estimate of drug-likeness (QED) is 0.697. The third kappa shape index (κ3) is 2.11. The van der Waals surface area contributed by atoms with Crippen LogP contribution in [0.4, 0.5) is 0 Å². The fraction of sp³-hybridized carbons (Fsp3) is 0.222. The Morgan fingerprint density at radius 1 is 1.47 bits per heavy atom. The van der Waals surface area contributed by atoms with Crippen LogP contribution in [0.2, 0.25) is 0 Å². The highest BCUT2D eigenvalue weighted by Gasteiger charge is 2.14. The highest BCUT2D eigenvalue weighted by Crippen LogP contribution is 2.10. The molecule has 0 aliphatic carbocycles. The number of hydrogen-bond donors (Lipinski definition) is 0. The van der Waals surface area contributed by atoms with Crippen molar-refractivity contribution >= 4 is 21.5 Å². The summed E-state index contributed by atoms with van der Waals surface area (Å²) in [4.78, 5) is 15.2. The van der Waals surface area contributed by atoms with Crippen LogP contribution < -0.4 is 0 Å². The van der Waals surface area contributed by atoms with Crippen LogP contribution in [-0.4, -0.2) is 42.4 Å². The molecule has 2 aromatic rings. The summed E-state index contributed by atoms with van der Waals surface area (Å²) < 4.78 is 28.3. The van der Waals surface area contributed by atoms with Crippen molar-refractivity contribution in [2.75, 3.05) is 13.4 Å².